The van der Waals surface area contributed by atoms with Crippen molar-refractivity contribution in [2.75, 3.05) is 6.61 Å². The van der Waals surface area contributed by atoms with Crippen LogP contribution < -0.4 is 5.32 Å². The van der Waals surface area contributed by atoms with Crippen molar-refractivity contribution in [3.05, 3.63) is 23.7 Å². The van der Waals surface area contributed by atoms with E-state index in [-0.39, 0.29) is 6.61 Å². The molecule has 19 heavy (non-hydrogen) atoms. The van der Waals surface area contributed by atoms with E-state index in [1.165, 1.54) is 0 Å². The number of carbonyl (C=O) groups is 2. The van der Waals surface area contributed by atoms with Crippen LogP contribution in [0, 0.1) is 12.8 Å². The van der Waals surface area contributed by atoms with Gasteiger partial charge in [-0.2, -0.15) is 0 Å². The van der Waals surface area contributed by atoms with Crippen LogP contribution in [0.1, 0.15) is 31.4 Å². The van der Waals surface area contributed by atoms with E-state index in [0.29, 0.717) is 17.2 Å². The fraction of sp³-hybridized carbons (Fsp3) is 0.462. The van der Waals surface area contributed by atoms with Crippen LogP contribution in [0.25, 0.3) is 0 Å². The van der Waals surface area contributed by atoms with Crippen LogP contribution in [-0.4, -0.2) is 24.3 Å². The van der Waals surface area contributed by atoms with Crippen molar-refractivity contribution in [1.82, 2.24) is 5.32 Å². The number of carbonyl (C=O) groups excluding carboxylic acids is 2. The van der Waals surface area contributed by atoms with Gasteiger partial charge in [0.25, 0.3) is 0 Å². The molecule has 0 saturated carbocycles. The quantitative estimate of drug-likeness (QED) is 0.846. The fourth-order valence-electron chi connectivity index (χ4n) is 2.11. The van der Waals surface area contributed by atoms with Crippen molar-refractivity contribution in [3.63, 3.8) is 0 Å². The van der Waals surface area contributed by atoms with Crippen molar-refractivity contribution in [2.24, 2.45) is 10.9 Å². The smallest absolute Gasteiger partial charge is 0.341 e. The van der Waals surface area contributed by atoms with Crippen molar-refractivity contribution in [3.8, 4) is 0 Å². The lowest BCUT2D eigenvalue weighted by molar-refractivity contribution is -0.146. The molecule has 1 aliphatic rings. The van der Waals surface area contributed by atoms with Crippen LogP contribution in [0.2, 0.25) is 0 Å². The highest BCUT2D eigenvalue weighted by Crippen LogP contribution is 2.29. The molecule has 1 N–H and O–H groups in total. The minimum Gasteiger partial charge on any atom is -0.465 e. The van der Waals surface area contributed by atoms with Crippen molar-refractivity contribution in [1.29, 1.82) is 0 Å². The number of nitrogens with zero attached hydrogens (tertiary/aromatic N) is 1. The monoisotopic (exact) mass is 264 g/mol. The van der Waals surface area contributed by atoms with Crippen LogP contribution in [0.3, 0.4) is 0 Å². The van der Waals surface area contributed by atoms with Gasteiger partial charge < -0.3 is 14.5 Å². The fourth-order valence-corrected chi connectivity index (χ4v) is 2.11. The van der Waals surface area contributed by atoms with Gasteiger partial charge in [0, 0.05) is 5.71 Å². The van der Waals surface area contributed by atoms with Gasteiger partial charge in [0.2, 0.25) is 0 Å². The van der Waals surface area contributed by atoms with Gasteiger partial charge in [-0.15, -0.1) is 0 Å². The second-order valence-electron chi connectivity index (χ2n) is 4.36. The van der Waals surface area contributed by atoms with Crippen molar-refractivity contribution < 1.29 is 18.7 Å². The molecule has 2 unspecified atom stereocenters. The topological polar surface area (TPSA) is 80.9 Å². The van der Waals surface area contributed by atoms with E-state index >= 15 is 0 Å². The molecule has 6 heteroatoms. The lowest BCUT2D eigenvalue weighted by atomic mass is 9.92. The summed E-state index contributed by atoms with van der Waals surface area (Å²) in [6.45, 7) is 5.45. The molecule has 0 saturated heterocycles. The Morgan fingerprint density at radius 2 is 2.21 bits per heavy atom. The molecule has 2 rings (SSSR count). The Bertz CT molecular complexity index is 533. The molecule has 2 atom stereocenters. The number of hydrogen-bond acceptors (Lipinski definition) is 4. The molecule has 0 spiro atoms. The first kappa shape index (κ1) is 13.3. The maximum absolute atomic E-state index is 12.0. The van der Waals surface area contributed by atoms with Crippen molar-refractivity contribution in [2.45, 2.75) is 26.8 Å². The van der Waals surface area contributed by atoms with Crippen LogP contribution >= 0.6 is 0 Å². The maximum atomic E-state index is 12.0. The van der Waals surface area contributed by atoms with E-state index in [4.69, 9.17) is 9.15 Å². The van der Waals surface area contributed by atoms with Gasteiger partial charge in [-0.05, 0) is 32.9 Å². The summed E-state index contributed by atoms with van der Waals surface area (Å²) in [7, 11) is 0. The molecule has 2 amide bonds. The second-order valence-corrected chi connectivity index (χ2v) is 4.36. The summed E-state index contributed by atoms with van der Waals surface area (Å²) in [5.74, 6) is 0.177. The Kier molecular flexibility index (Phi) is 3.69. The second kappa shape index (κ2) is 5.26. The van der Waals surface area contributed by atoms with Gasteiger partial charge in [0.1, 0.15) is 23.5 Å². The standard InChI is InChI=1S/C13H16N2O4/c1-4-18-12(16)10-8(3)14-13(17)15-11(10)9-6-5-7(2)19-9/h5-6,10-11H,4H2,1-3H3,(H,15,17). The summed E-state index contributed by atoms with van der Waals surface area (Å²) in [5.41, 5.74) is 0.432. The first-order valence-electron chi connectivity index (χ1n) is 6.11. The van der Waals surface area contributed by atoms with Gasteiger partial charge in [-0.25, -0.2) is 9.79 Å². The molecule has 0 fully saturated rings. The summed E-state index contributed by atoms with van der Waals surface area (Å²) in [5, 5.41) is 2.64. The van der Waals surface area contributed by atoms with Crippen LogP contribution in [0.5, 0.6) is 0 Å². The summed E-state index contributed by atoms with van der Waals surface area (Å²) >= 11 is 0. The molecular weight excluding hydrogens is 248 g/mol. The van der Waals surface area contributed by atoms with E-state index in [2.05, 4.69) is 10.3 Å². The van der Waals surface area contributed by atoms with E-state index < -0.39 is 24.0 Å². The summed E-state index contributed by atoms with van der Waals surface area (Å²) in [6.07, 6.45) is 0. The first-order chi connectivity index (χ1) is 9.02. The van der Waals surface area contributed by atoms with Gasteiger partial charge >= 0.3 is 12.0 Å². The minimum absolute atomic E-state index is 0.278. The number of urea groups is 1. The number of aliphatic imine (C=N–C) groups is 1. The Balaban J connectivity index is 2.35. The first-order valence-corrected chi connectivity index (χ1v) is 6.11. The van der Waals surface area contributed by atoms with E-state index in [9.17, 15) is 9.59 Å². The molecule has 0 bridgehead atoms. The highest BCUT2D eigenvalue weighted by atomic mass is 16.5. The minimum atomic E-state index is -0.650. The average Bonchev–Trinajstić information content (AvgIpc) is 2.75. The molecule has 1 aromatic heterocycles. The molecule has 2 heterocycles. The maximum Gasteiger partial charge on any atom is 0.341 e. The number of ether oxygens (including phenoxy) is 1. The van der Waals surface area contributed by atoms with Gasteiger partial charge in [0.15, 0.2) is 0 Å². The molecule has 1 aromatic rings. The Morgan fingerprint density at radius 1 is 1.47 bits per heavy atom. The molecule has 0 aliphatic carbocycles. The summed E-state index contributed by atoms with van der Waals surface area (Å²) in [6, 6.07) is 2.48. The van der Waals surface area contributed by atoms with Crippen molar-refractivity contribution >= 4 is 17.7 Å². The van der Waals surface area contributed by atoms with Crippen LogP contribution in [0.4, 0.5) is 4.79 Å². The Morgan fingerprint density at radius 3 is 2.79 bits per heavy atom. The highest BCUT2D eigenvalue weighted by molar-refractivity contribution is 6.08. The number of rotatable bonds is 3. The van der Waals surface area contributed by atoms with E-state index in [1.807, 2.05) is 0 Å². The Hall–Kier alpha value is -2.11. The zero-order chi connectivity index (χ0) is 14.0. The number of aryl methyl sites for hydroxylation is 1. The number of hydrogen-bond donors (Lipinski definition) is 1. The summed E-state index contributed by atoms with van der Waals surface area (Å²) in [4.78, 5) is 27.3. The molecule has 0 radical (unpaired) electrons. The molecule has 102 valence electrons. The Labute approximate surface area is 110 Å². The highest BCUT2D eigenvalue weighted by Gasteiger charge is 2.39. The predicted octanol–water partition coefficient (Wildman–Crippen LogP) is 1.99. The van der Waals surface area contributed by atoms with Gasteiger partial charge in [-0.3, -0.25) is 4.79 Å². The third-order valence-corrected chi connectivity index (χ3v) is 2.95. The summed E-state index contributed by atoms with van der Waals surface area (Å²) < 4.78 is 10.5. The zero-order valence-electron chi connectivity index (χ0n) is 11.1. The SMILES string of the molecule is CCOC(=O)C1C(C)=NC(=O)NC1c1ccc(C)o1. The lowest BCUT2D eigenvalue weighted by Gasteiger charge is -2.27. The average molecular weight is 264 g/mol. The molecule has 1 aliphatic heterocycles. The molecular formula is C13H16N2O4. The zero-order valence-corrected chi connectivity index (χ0v) is 11.1. The van der Waals surface area contributed by atoms with E-state index in [1.54, 1.807) is 32.9 Å². The van der Waals surface area contributed by atoms with E-state index in [0.717, 1.165) is 0 Å². The van der Waals surface area contributed by atoms with Crippen LogP contribution in [-0.2, 0) is 9.53 Å². The third kappa shape index (κ3) is 2.67. The largest absolute Gasteiger partial charge is 0.465 e. The number of esters is 1. The number of nitrogens with one attached hydrogen (secondary N) is 1. The normalized spacial score (nSPS) is 22.7. The van der Waals surface area contributed by atoms with Crippen LogP contribution in [0.15, 0.2) is 21.5 Å². The lowest BCUT2D eigenvalue weighted by Crippen LogP contribution is -2.44. The predicted molar refractivity (Wildman–Crippen MR) is 67.9 cm³/mol. The molecule has 0 aromatic carbocycles. The number of amides is 2. The third-order valence-electron chi connectivity index (χ3n) is 2.95. The van der Waals surface area contributed by atoms with Gasteiger partial charge in [-0.1, -0.05) is 0 Å². The van der Waals surface area contributed by atoms with Gasteiger partial charge in [0.05, 0.1) is 6.61 Å². The number of furan rings is 1. The molecule has 6 nitrogen and oxygen atoms in total.